The van der Waals surface area contributed by atoms with Crippen LogP contribution in [0.5, 0.6) is 11.5 Å². The summed E-state index contributed by atoms with van der Waals surface area (Å²) >= 11 is 0. The van der Waals surface area contributed by atoms with Crippen molar-refractivity contribution in [3.8, 4) is 22.6 Å². The van der Waals surface area contributed by atoms with Gasteiger partial charge in [-0.05, 0) is 60.1 Å². The molecule has 0 aliphatic heterocycles. The van der Waals surface area contributed by atoms with Gasteiger partial charge in [-0.2, -0.15) is 0 Å². The Labute approximate surface area is 210 Å². The summed E-state index contributed by atoms with van der Waals surface area (Å²) in [6.45, 7) is 10.7. The molecule has 2 heteroatoms. The van der Waals surface area contributed by atoms with Crippen molar-refractivity contribution in [2.24, 2.45) is 11.8 Å². The molecule has 0 spiro atoms. The minimum Gasteiger partial charge on any atom is -0.493 e. The Hall–Kier alpha value is -1.96. The molecule has 2 aromatic rings. The second-order valence-corrected chi connectivity index (χ2v) is 9.92. The summed E-state index contributed by atoms with van der Waals surface area (Å²) in [5.41, 5.74) is 2.43. The van der Waals surface area contributed by atoms with E-state index in [2.05, 4.69) is 76.2 Å². The number of ether oxygens (including phenoxy) is 2. The fourth-order valence-corrected chi connectivity index (χ4v) is 4.45. The van der Waals surface area contributed by atoms with Crippen molar-refractivity contribution in [2.75, 3.05) is 13.2 Å². The normalized spacial score (nSPS) is 12.9. The maximum atomic E-state index is 6.11. The molecule has 0 saturated carbocycles. The van der Waals surface area contributed by atoms with E-state index in [0.717, 1.165) is 24.7 Å². The molecule has 2 atom stereocenters. The van der Waals surface area contributed by atoms with E-state index in [-0.39, 0.29) is 0 Å². The summed E-state index contributed by atoms with van der Waals surface area (Å²) in [6, 6.07) is 17.1. The first-order valence-electron chi connectivity index (χ1n) is 14.2. The van der Waals surface area contributed by atoms with Crippen LogP contribution < -0.4 is 9.47 Å². The van der Waals surface area contributed by atoms with Crippen molar-refractivity contribution >= 4 is 0 Å². The molecule has 0 bridgehead atoms. The van der Waals surface area contributed by atoms with Gasteiger partial charge >= 0.3 is 0 Å². The number of hydrogen-bond donors (Lipinski definition) is 0. The van der Waals surface area contributed by atoms with Crippen molar-refractivity contribution in [2.45, 2.75) is 105 Å². The predicted molar refractivity (Wildman–Crippen MR) is 148 cm³/mol. The highest BCUT2D eigenvalue weighted by Crippen LogP contribution is 2.26. The number of unbranched alkanes of at least 4 members (excludes halogenated alkanes) is 6. The van der Waals surface area contributed by atoms with Crippen molar-refractivity contribution in [1.82, 2.24) is 0 Å². The van der Waals surface area contributed by atoms with Crippen molar-refractivity contribution < 1.29 is 9.47 Å². The van der Waals surface area contributed by atoms with Gasteiger partial charge in [0.05, 0.1) is 13.2 Å². The van der Waals surface area contributed by atoms with Gasteiger partial charge in [0.15, 0.2) is 0 Å². The summed E-state index contributed by atoms with van der Waals surface area (Å²) in [5, 5.41) is 0. The Morgan fingerprint density at radius 1 is 0.500 bits per heavy atom. The molecule has 0 heterocycles. The third-order valence-corrected chi connectivity index (χ3v) is 7.10. The van der Waals surface area contributed by atoms with Gasteiger partial charge in [0.25, 0.3) is 0 Å². The molecule has 0 amide bonds. The highest BCUT2D eigenvalue weighted by atomic mass is 16.5. The van der Waals surface area contributed by atoms with Crippen LogP contribution in [0.2, 0.25) is 0 Å². The van der Waals surface area contributed by atoms with E-state index in [9.17, 15) is 0 Å². The summed E-state index contributed by atoms with van der Waals surface area (Å²) < 4.78 is 12.2. The zero-order valence-corrected chi connectivity index (χ0v) is 22.5. The number of hydrogen-bond acceptors (Lipinski definition) is 2. The van der Waals surface area contributed by atoms with Gasteiger partial charge in [0, 0.05) is 0 Å². The van der Waals surface area contributed by atoms with Crippen LogP contribution in [0.3, 0.4) is 0 Å². The molecule has 0 aromatic heterocycles. The molecule has 2 unspecified atom stereocenters. The van der Waals surface area contributed by atoms with Crippen LogP contribution in [0.15, 0.2) is 48.5 Å². The maximum Gasteiger partial charge on any atom is 0.119 e. The van der Waals surface area contributed by atoms with Crippen molar-refractivity contribution in [3.05, 3.63) is 48.5 Å². The molecule has 0 fully saturated rings. The van der Waals surface area contributed by atoms with Crippen molar-refractivity contribution in [3.63, 3.8) is 0 Å². The molecule has 34 heavy (non-hydrogen) atoms. The maximum absolute atomic E-state index is 6.11. The number of benzene rings is 2. The van der Waals surface area contributed by atoms with Crippen molar-refractivity contribution in [1.29, 1.82) is 0 Å². The van der Waals surface area contributed by atoms with E-state index in [1.165, 1.54) is 88.2 Å². The molecule has 0 aliphatic carbocycles. The summed E-state index contributed by atoms with van der Waals surface area (Å²) in [5.74, 6) is 3.26. The van der Waals surface area contributed by atoms with Crippen LogP contribution >= 0.6 is 0 Å². The van der Waals surface area contributed by atoms with Gasteiger partial charge in [-0.15, -0.1) is 0 Å². The molecule has 2 rings (SSSR count). The first kappa shape index (κ1) is 28.3. The van der Waals surface area contributed by atoms with Gasteiger partial charge in [-0.3, -0.25) is 0 Å². The first-order valence-corrected chi connectivity index (χ1v) is 14.2. The monoisotopic (exact) mass is 466 g/mol. The molecule has 2 aromatic carbocycles. The lowest BCUT2D eigenvalue weighted by molar-refractivity contribution is 0.232. The second kappa shape index (κ2) is 17.5. The van der Waals surface area contributed by atoms with E-state index in [1.807, 2.05) is 0 Å². The minimum atomic E-state index is 0.660. The molecule has 190 valence electrons. The topological polar surface area (TPSA) is 18.5 Å². The van der Waals surface area contributed by atoms with Gasteiger partial charge in [-0.1, -0.05) is 116 Å². The Morgan fingerprint density at radius 2 is 0.882 bits per heavy atom. The van der Waals surface area contributed by atoms with Gasteiger partial charge in [0.2, 0.25) is 0 Å². The van der Waals surface area contributed by atoms with E-state index in [0.29, 0.717) is 11.8 Å². The zero-order chi connectivity index (χ0) is 24.4. The Kier molecular flexibility index (Phi) is 14.5. The molecule has 0 aliphatic rings. The lowest BCUT2D eigenvalue weighted by Crippen LogP contribution is -2.11. The summed E-state index contributed by atoms with van der Waals surface area (Å²) in [6.07, 6.45) is 15.6. The van der Waals surface area contributed by atoms with Crippen LogP contribution in [0.1, 0.15) is 105 Å². The van der Waals surface area contributed by atoms with E-state index in [4.69, 9.17) is 9.47 Å². The Balaban J connectivity index is 1.78. The fraction of sp³-hybridized carbons (Fsp3) is 0.625. The first-order chi connectivity index (χ1) is 16.7. The smallest absolute Gasteiger partial charge is 0.119 e. The molecule has 0 N–H and O–H groups in total. The third kappa shape index (κ3) is 11.0. The zero-order valence-electron chi connectivity index (χ0n) is 22.5. The fourth-order valence-electron chi connectivity index (χ4n) is 4.45. The van der Waals surface area contributed by atoms with E-state index < -0.39 is 0 Å². The quantitative estimate of drug-likeness (QED) is 0.192. The molecule has 0 radical (unpaired) electrons. The van der Waals surface area contributed by atoms with Gasteiger partial charge in [-0.25, -0.2) is 0 Å². The van der Waals surface area contributed by atoms with Crippen LogP contribution in [0.4, 0.5) is 0 Å². The lowest BCUT2D eigenvalue weighted by Gasteiger charge is -2.16. The molecular weight excluding hydrogens is 416 g/mol. The highest BCUT2D eigenvalue weighted by Gasteiger charge is 2.09. The highest BCUT2D eigenvalue weighted by molar-refractivity contribution is 5.64. The Morgan fingerprint density at radius 3 is 1.21 bits per heavy atom. The van der Waals surface area contributed by atoms with Crippen LogP contribution in [-0.2, 0) is 0 Å². The third-order valence-electron chi connectivity index (χ3n) is 7.10. The molecular formula is C32H50O2. The largest absolute Gasteiger partial charge is 0.493 e. The van der Waals surface area contributed by atoms with Crippen LogP contribution in [-0.4, -0.2) is 13.2 Å². The number of rotatable bonds is 19. The van der Waals surface area contributed by atoms with E-state index >= 15 is 0 Å². The van der Waals surface area contributed by atoms with Crippen LogP contribution in [0, 0.1) is 11.8 Å². The summed E-state index contributed by atoms with van der Waals surface area (Å²) in [7, 11) is 0. The minimum absolute atomic E-state index is 0.660. The lowest BCUT2D eigenvalue weighted by atomic mass is 9.99. The standard InChI is InChI=1S/C32H50O2/c1-5-9-11-13-15-27(7-3)25-33-31-21-17-29(18-22-31)30-19-23-32(24-20-30)34-26-28(8-4)16-14-12-10-6-2/h17-24,27-28H,5-16,25-26H2,1-4H3. The predicted octanol–water partition coefficient (Wildman–Crippen LogP) is 10.1. The SMILES string of the molecule is CCCCCCC(CC)COc1ccc(-c2ccc(OCC(CC)CCCCCC)cc2)cc1. The summed E-state index contributed by atoms with van der Waals surface area (Å²) in [4.78, 5) is 0. The average molecular weight is 467 g/mol. The van der Waals surface area contributed by atoms with E-state index in [1.54, 1.807) is 0 Å². The van der Waals surface area contributed by atoms with Gasteiger partial charge in [0.1, 0.15) is 11.5 Å². The average Bonchev–Trinajstić information content (AvgIpc) is 2.88. The van der Waals surface area contributed by atoms with Gasteiger partial charge < -0.3 is 9.47 Å². The van der Waals surface area contributed by atoms with Crippen LogP contribution in [0.25, 0.3) is 11.1 Å². The molecule has 0 saturated heterocycles. The Bertz CT molecular complexity index is 669. The second-order valence-electron chi connectivity index (χ2n) is 9.92. The molecule has 2 nitrogen and oxygen atoms in total.